The summed E-state index contributed by atoms with van der Waals surface area (Å²) in [5.41, 5.74) is 0.959. The molecule has 1 saturated carbocycles. The van der Waals surface area contributed by atoms with Crippen LogP contribution in [0.25, 0.3) is 11.4 Å². The van der Waals surface area contributed by atoms with Crippen LogP contribution in [0.5, 0.6) is 0 Å². The van der Waals surface area contributed by atoms with Crippen LogP contribution in [-0.4, -0.2) is 67.5 Å². The summed E-state index contributed by atoms with van der Waals surface area (Å²) >= 11 is 1.48. The Bertz CT molecular complexity index is 999. The van der Waals surface area contributed by atoms with Gasteiger partial charge < -0.3 is 9.80 Å². The SMILES string of the molecule is O=C(CSc1nnc(-c2cccnc2)n1C1CC1)N1CCN(c2ccccn2)CC1. The molecule has 0 N–H and O–H groups in total. The summed E-state index contributed by atoms with van der Waals surface area (Å²) in [7, 11) is 0. The van der Waals surface area contributed by atoms with E-state index in [9.17, 15) is 4.79 Å². The Kier molecular flexibility index (Phi) is 5.35. The normalized spacial score (nSPS) is 16.7. The monoisotopic (exact) mass is 421 g/mol. The van der Waals surface area contributed by atoms with E-state index in [1.807, 2.05) is 41.4 Å². The van der Waals surface area contributed by atoms with Gasteiger partial charge >= 0.3 is 0 Å². The van der Waals surface area contributed by atoms with Crippen molar-refractivity contribution in [2.45, 2.75) is 24.0 Å². The molecule has 8 nitrogen and oxygen atoms in total. The van der Waals surface area contributed by atoms with Gasteiger partial charge in [0.25, 0.3) is 0 Å². The fourth-order valence-corrected chi connectivity index (χ4v) is 4.58. The van der Waals surface area contributed by atoms with Crippen LogP contribution < -0.4 is 4.90 Å². The van der Waals surface area contributed by atoms with Gasteiger partial charge in [0.1, 0.15) is 5.82 Å². The number of rotatable bonds is 6. The second-order valence-electron chi connectivity index (χ2n) is 7.49. The highest BCUT2D eigenvalue weighted by Gasteiger charge is 2.31. The molecule has 2 aliphatic rings. The molecule has 1 saturated heterocycles. The van der Waals surface area contributed by atoms with Crippen molar-refractivity contribution in [1.82, 2.24) is 29.6 Å². The van der Waals surface area contributed by atoms with Crippen LogP contribution in [0.1, 0.15) is 18.9 Å². The molecule has 9 heteroatoms. The standard InChI is InChI=1S/C21H23N7OS/c29-19(27-12-10-26(11-13-27)18-5-1-2-9-23-18)15-30-21-25-24-20(28(21)17-6-7-17)16-4-3-8-22-14-16/h1-5,8-9,14,17H,6-7,10-13,15H2. The zero-order chi connectivity index (χ0) is 20.3. The number of anilines is 1. The van der Waals surface area contributed by atoms with Crippen molar-refractivity contribution >= 4 is 23.5 Å². The van der Waals surface area contributed by atoms with Crippen LogP contribution in [0.15, 0.2) is 54.1 Å². The van der Waals surface area contributed by atoms with Crippen LogP contribution in [-0.2, 0) is 4.79 Å². The Balaban J connectivity index is 1.21. The maximum Gasteiger partial charge on any atom is 0.233 e. The number of aromatic nitrogens is 5. The van der Waals surface area contributed by atoms with Gasteiger partial charge in [-0.1, -0.05) is 17.8 Å². The van der Waals surface area contributed by atoms with E-state index in [0.717, 1.165) is 48.3 Å². The number of pyridine rings is 2. The van der Waals surface area contributed by atoms with Crippen molar-refractivity contribution < 1.29 is 4.79 Å². The van der Waals surface area contributed by atoms with E-state index in [1.54, 1.807) is 12.4 Å². The number of carbonyl (C=O) groups is 1. The molecule has 30 heavy (non-hydrogen) atoms. The third kappa shape index (κ3) is 4.02. The van der Waals surface area contributed by atoms with Gasteiger partial charge in [0.05, 0.1) is 5.75 Å². The van der Waals surface area contributed by atoms with E-state index in [2.05, 4.69) is 29.6 Å². The van der Waals surface area contributed by atoms with Crippen LogP contribution in [0.2, 0.25) is 0 Å². The van der Waals surface area contributed by atoms with Crippen LogP contribution in [0, 0.1) is 0 Å². The summed E-state index contributed by atoms with van der Waals surface area (Å²) in [5, 5.41) is 9.60. The highest BCUT2D eigenvalue weighted by atomic mass is 32.2. The van der Waals surface area contributed by atoms with Crippen molar-refractivity contribution in [2.24, 2.45) is 0 Å². The highest BCUT2D eigenvalue weighted by Crippen LogP contribution is 2.40. The molecule has 4 heterocycles. The summed E-state index contributed by atoms with van der Waals surface area (Å²) in [6, 6.07) is 10.2. The lowest BCUT2D eigenvalue weighted by Crippen LogP contribution is -2.49. The minimum atomic E-state index is 0.147. The molecular formula is C21H23N7OS. The number of amides is 1. The van der Waals surface area contributed by atoms with Gasteiger partial charge in [-0.3, -0.25) is 14.3 Å². The Morgan fingerprint density at radius 2 is 1.90 bits per heavy atom. The lowest BCUT2D eigenvalue weighted by molar-refractivity contribution is -0.128. The number of nitrogens with zero attached hydrogens (tertiary/aromatic N) is 7. The van der Waals surface area contributed by atoms with Gasteiger partial charge in [-0.05, 0) is 37.1 Å². The van der Waals surface area contributed by atoms with Gasteiger partial charge in [-0.2, -0.15) is 0 Å². The Morgan fingerprint density at radius 3 is 2.60 bits per heavy atom. The minimum Gasteiger partial charge on any atom is -0.353 e. The zero-order valence-electron chi connectivity index (χ0n) is 16.6. The number of carbonyl (C=O) groups excluding carboxylic acids is 1. The van der Waals surface area contributed by atoms with Crippen LogP contribution >= 0.6 is 11.8 Å². The summed E-state index contributed by atoms with van der Waals surface area (Å²) < 4.78 is 2.17. The lowest BCUT2D eigenvalue weighted by Gasteiger charge is -2.35. The summed E-state index contributed by atoms with van der Waals surface area (Å²) in [5.74, 6) is 2.33. The molecule has 154 valence electrons. The smallest absolute Gasteiger partial charge is 0.233 e. The Morgan fingerprint density at radius 1 is 1.03 bits per heavy atom. The zero-order valence-corrected chi connectivity index (χ0v) is 17.4. The molecule has 0 unspecified atom stereocenters. The second kappa shape index (κ2) is 8.43. The fraction of sp³-hybridized carbons (Fsp3) is 0.381. The van der Waals surface area contributed by atoms with E-state index in [-0.39, 0.29) is 5.91 Å². The van der Waals surface area contributed by atoms with Gasteiger partial charge in [-0.15, -0.1) is 10.2 Å². The van der Waals surface area contributed by atoms with Crippen LogP contribution in [0.4, 0.5) is 5.82 Å². The van der Waals surface area contributed by atoms with Crippen molar-refractivity contribution in [3.8, 4) is 11.4 Å². The molecule has 1 amide bonds. The fourth-order valence-electron chi connectivity index (χ4n) is 3.67. The topological polar surface area (TPSA) is 80.0 Å². The Hall–Kier alpha value is -2.94. The molecular weight excluding hydrogens is 398 g/mol. The molecule has 5 rings (SSSR count). The maximum absolute atomic E-state index is 12.8. The van der Waals surface area contributed by atoms with E-state index in [4.69, 9.17) is 0 Å². The number of hydrogen-bond acceptors (Lipinski definition) is 7. The molecule has 2 fully saturated rings. The highest BCUT2D eigenvalue weighted by molar-refractivity contribution is 7.99. The van der Waals surface area contributed by atoms with Crippen molar-refractivity contribution in [2.75, 3.05) is 36.8 Å². The van der Waals surface area contributed by atoms with Gasteiger partial charge in [0, 0.05) is 56.4 Å². The first-order valence-electron chi connectivity index (χ1n) is 10.2. The number of thioether (sulfide) groups is 1. The predicted octanol–water partition coefficient (Wildman–Crippen LogP) is 2.51. The molecule has 0 atom stereocenters. The second-order valence-corrected chi connectivity index (χ2v) is 8.44. The average molecular weight is 422 g/mol. The number of piperazine rings is 1. The lowest BCUT2D eigenvalue weighted by atomic mass is 10.3. The largest absolute Gasteiger partial charge is 0.353 e. The van der Waals surface area contributed by atoms with Crippen molar-refractivity contribution in [3.05, 3.63) is 48.9 Å². The molecule has 0 aromatic carbocycles. The molecule has 0 radical (unpaired) electrons. The average Bonchev–Trinajstić information content (AvgIpc) is 3.57. The third-order valence-corrected chi connectivity index (χ3v) is 6.35. The van der Waals surface area contributed by atoms with Gasteiger partial charge in [0.2, 0.25) is 5.91 Å². The van der Waals surface area contributed by atoms with E-state index >= 15 is 0 Å². The maximum atomic E-state index is 12.8. The molecule has 3 aromatic rings. The third-order valence-electron chi connectivity index (χ3n) is 5.43. The first kappa shape index (κ1) is 19.0. The van der Waals surface area contributed by atoms with Crippen LogP contribution in [0.3, 0.4) is 0 Å². The van der Waals surface area contributed by atoms with Gasteiger partial charge in [0.15, 0.2) is 11.0 Å². The quantitative estimate of drug-likeness (QED) is 0.566. The Labute approximate surface area is 179 Å². The molecule has 0 spiro atoms. The predicted molar refractivity (Wildman–Crippen MR) is 115 cm³/mol. The molecule has 0 bridgehead atoms. The summed E-state index contributed by atoms with van der Waals surface area (Å²) in [6.45, 7) is 3.03. The molecule has 1 aliphatic heterocycles. The van der Waals surface area contributed by atoms with E-state index < -0.39 is 0 Å². The molecule has 3 aromatic heterocycles. The first-order chi connectivity index (χ1) is 14.8. The first-order valence-corrected chi connectivity index (χ1v) is 11.2. The van der Waals surface area contributed by atoms with E-state index in [0.29, 0.717) is 24.9 Å². The van der Waals surface area contributed by atoms with E-state index in [1.165, 1.54) is 11.8 Å². The number of hydrogen-bond donors (Lipinski definition) is 0. The minimum absolute atomic E-state index is 0.147. The van der Waals surface area contributed by atoms with Gasteiger partial charge in [-0.25, -0.2) is 4.98 Å². The van der Waals surface area contributed by atoms with Crippen molar-refractivity contribution in [1.29, 1.82) is 0 Å². The molecule has 1 aliphatic carbocycles. The summed E-state index contributed by atoms with van der Waals surface area (Å²) in [4.78, 5) is 25.6. The summed E-state index contributed by atoms with van der Waals surface area (Å²) in [6.07, 6.45) is 7.62. The van der Waals surface area contributed by atoms with Crippen molar-refractivity contribution in [3.63, 3.8) is 0 Å².